The first kappa shape index (κ1) is 25.3. The molecule has 176 valence electrons. The van der Waals surface area contributed by atoms with E-state index in [0.717, 1.165) is 19.3 Å². The van der Waals surface area contributed by atoms with E-state index in [-0.39, 0.29) is 34.6 Å². The molecule has 2 aromatic carbocycles. The van der Waals surface area contributed by atoms with Crippen LogP contribution in [0.25, 0.3) is 0 Å². The molecule has 0 aliphatic carbocycles. The van der Waals surface area contributed by atoms with E-state index in [1.54, 1.807) is 43.3 Å². The summed E-state index contributed by atoms with van der Waals surface area (Å²) in [5, 5.41) is 4.94. The van der Waals surface area contributed by atoms with Gasteiger partial charge in [0.05, 0.1) is 20.8 Å². The number of nitrogens with one attached hydrogen (secondary N) is 1. The highest BCUT2D eigenvalue weighted by molar-refractivity contribution is 6.49. The minimum Gasteiger partial charge on any atom is -0.484 e. The Balaban J connectivity index is 1.57. The zero-order chi connectivity index (χ0) is 24.1. The first-order chi connectivity index (χ1) is 15.7. The van der Waals surface area contributed by atoms with Gasteiger partial charge in [-0.25, -0.2) is 5.43 Å². The molecule has 9 heteroatoms. The van der Waals surface area contributed by atoms with Gasteiger partial charge in [0.1, 0.15) is 5.75 Å². The topological polar surface area (TPSA) is 71.0 Å². The molecule has 0 radical (unpaired) electrons. The fraction of sp³-hybridized carbons (Fsp3) is 0.375. The van der Waals surface area contributed by atoms with Crippen molar-refractivity contribution in [2.45, 2.75) is 52.1 Å². The summed E-state index contributed by atoms with van der Waals surface area (Å²) in [5.74, 6) is 0.0888. The van der Waals surface area contributed by atoms with Crippen molar-refractivity contribution in [1.82, 2.24) is 10.3 Å². The van der Waals surface area contributed by atoms with Gasteiger partial charge in [-0.05, 0) is 70.4 Å². The Bertz CT molecular complexity index is 1050. The van der Waals surface area contributed by atoms with Crippen LogP contribution in [0.5, 0.6) is 5.75 Å². The van der Waals surface area contributed by atoms with Crippen LogP contribution in [0.4, 0.5) is 0 Å². The van der Waals surface area contributed by atoms with Crippen molar-refractivity contribution in [3.8, 4) is 5.75 Å². The second-order valence-electron chi connectivity index (χ2n) is 8.10. The molecule has 1 fully saturated rings. The molecule has 0 saturated carbocycles. The molecule has 1 N–H and O–H groups in total. The fourth-order valence-electron chi connectivity index (χ4n) is 3.90. The molecule has 0 spiro atoms. The molecule has 33 heavy (non-hydrogen) atoms. The predicted octanol–water partition coefficient (Wildman–Crippen LogP) is 5.97. The molecule has 6 nitrogen and oxygen atoms in total. The Labute approximate surface area is 208 Å². The summed E-state index contributed by atoms with van der Waals surface area (Å²) < 4.78 is 5.65. The van der Waals surface area contributed by atoms with Crippen molar-refractivity contribution < 1.29 is 14.3 Å². The highest BCUT2D eigenvalue weighted by Gasteiger charge is 2.29. The second kappa shape index (κ2) is 11.2. The zero-order valence-corrected chi connectivity index (χ0v) is 21.0. The average molecular weight is 511 g/mol. The van der Waals surface area contributed by atoms with Gasteiger partial charge in [0.2, 0.25) is 0 Å². The number of hydrogen-bond donors (Lipinski definition) is 1. The molecule has 3 rings (SSSR count). The van der Waals surface area contributed by atoms with Gasteiger partial charge in [-0.2, -0.15) is 5.10 Å². The quantitative estimate of drug-likeness (QED) is 0.296. The highest BCUT2D eigenvalue weighted by atomic mass is 35.5. The Kier molecular flexibility index (Phi) is 8.63. The van der Waals surface area contributed by atoms with Gasteiger partial charge in [-0.15, -0.1) is 0 Å². The van der Waals surface area contributed by atoms with Crippen molar-refractivity contribution in [3.63, 3.8) is 0 Å². The lowest BCUT2D eigenvalue weighted by Crippen LogP contribution is -2.49. The smallest absolute Gasteiger partial charge is 0.271 e. The van der Waals surface area contributed by atoms with Crippen molar-refractivity contribution in [1.29, 1.82) is 0 Å². The zero-order valence-electron chi connectivity index (χ0n) is 18.7. The molecule has 2 aromatic rings. The summed E-state index contributed by atoms with van der Waals surface area (Å²) in [6.07, 6.45) is 3.17. The third-order valence-corrected chi connectivity index (χ3v) is 7.00. The van der Waals surface area contributed by atoms with E-state index in [1.165, 1.54) is 0 Å². The third kappa shape index (κ3) is 6.19. The molecule has 1 heterocycles. The van der Waals surface area contributed by atoms with Gasteiger partial charge in [-0.1, -0.05) is 40.9 Å². The fourth-order valence-corrected chi connectivity index (χ4v) is 4.57. The maximum Gasteiger partial charge on any atom is 0.271 e. The molecule has 1 aliphatic heterocycles. The number of likely N-dealkylation sites (tertiary alicyclic amines) is 1. The molecular formula is C24H26Cl3N3O3. The molecule has 2 amide bonds. The average Bonchev–Trinajstić information content (AvgIpc) is 2.79. The van der Waals surface area contributed by atoms with E-state index in [1.807, 2.05) is 4.90 Å². The molecular weight excluding hydrogens is 485 g/mol. The number of piperidine rings is 1. The first-order valence-electron chi connectivity index (χ1n) is 10.7. The Morgan fingerprint density at radius 2 is 1.67 bits per heavy atom. The van der Waals surface area contributed by atoms with Gasteiger partial charge in [-0.3, -0.25) is 9.59 Å². The first-order valence-corrected chi connectivity index (χ1v) is 11.8. The van der Waals surface area contributed by atoms with E-state index >= 15 is 0 Å². The Hall–Kier alpha value is -2.28. The number of ether oxygens (including phenoxy) is 1. The van der Waals surface area contributed by atoms with Crippen LogP contribution in [-0.4, -0.2) is 41.1 Å². The lowest BCUT2D eigenvalue weighted by molar-refractivity contribution is -0.139. The minimum atomic E-state index is -0.399. The van der Waals surface area contributed by atoms with E-state index < -0.39 is 5.91 Å². The number of amides is 2. The number of carbonyl (C=O) groups is 2. The number of benzene rings is 2. The van der Waals surface area contributed by atoms with Crippen LogP contribution in [0.2, 0.25) is 15.1 Å². The van der Waals surface area contributed by atoms with Gasteiger partial charge < -0.3 is 9.64 Å². The molecule has 1 aliphatic rings. The highest BCUT2D eigenvalue weighted by Crippen LogP contribution is 2.33. The number of carbonyl (C=O) groups excluding carboxylic acids is 2. The summed E-state index contributed by atoms with van der Waals surface area (Å²) in [6.45, 7) is 5.80. The number of rotatable bonds is 6. The van der Waals surface area contributed by atoms with Crippen molar-refractivity contribution in [2.24, 2.45) is 5.10 Å². The molecule has 2 atom stereocenters. The molecule has 0 aromatic heterocycles. The standard InChI is InChI=1S/C24H26Cl3N3O3/c1-14-5-4-6-15(2)30(14)21(31)13-33-18-9-7-17(8-10-18)24(32)29-28-16(3)19-11-12-20(25)23(27)22(19)26/h7-12,14-15H,4-6,13H2,1-3H3,(H,29,32)/b28-16-. The van der Waals surface area contributed by atoms with Gasteiger partial charge in [0.25, 0.3) is 11.8 Å². The van der Waals surface area contributed by atoms with Crippen LogP contribution in [0.15, 0.2) is 41.5 Å². The summed E-state index contributed by atoms with van der Waals surface area (Å²) in [7, 11) is 0. The second-order valence-corrected chi connectivity index (χ2v) is 9.27. The van der Waals surface area contributed by atoms with Crippen molar-refractivity contribution >= 4 is 52.3 Å². The molecule has 0 bridgehead atoms. The van der Waals surface area contributed by atoms with Gasteiger partial charge in [0, 0.05) is 23.2 Å². The van der Waals surface area contributed by atoms with E-state index in [0.29, 0.717) is 27.6 Å². The maximum atomic E-state index is 12.6. The van der Waals surface area contributed by atoms with Crippen LogP contribution in [0.3, 0.4) is 0 Å². The molecule has 1 saturated heterocycles. The van der Waals surface area contributed by atoms with Crippen LogP contribution in [0, 0.1) is 0 Å². The van der Waals surface area contributed by atoms with E-state index in [4.69, 9.17) is 39.5 Å². The lowest BCUT2D eigenvalue weighted by atomic mass is 9.97. The number of nitrogens with zero attached hydrogens (tertiary/aromatic N) is 2. The lowest BCUT2D eigenvalue weighted by Gasteiger charge is -2.38. The van der Waals surface area contributed by atoms with Crippen LogP contribution < -0.4 is 10.2 Å². The van der Waals surface area contributed by atoms with E-state index in [9.17, 15) is 9.59 Å². The van der Waals surface area contributed by atoms with Crippen LogP contribution >= 0.6 is 34.8 Å². The predicted molar refractivity (Wildman–Crippen MR) is 133 cm³/mol. The normalized spacial score (nSPS) is 18.7. The largest absolute Gasteiger partial charge is 0.484 e. The van der Waals surface area contributed by atoms with Crippen molar-refractivity contribution in [2.75, 3.05) is 6.61 Å². The van der Waals surface area contributed by atoms with Gasteiger partial charge in [0.15, 0.2) is 6.61 Å². The molecule has 2 unspecified atom stereocenters. The summed E-state index contributed by atoms with van der Waals surface area (Å²) in [4.78, 5) is 26.9. The monoisotopic (exact) mass is 509 g/mol. The number of hydrazone groups is 1. The van der Waals surface area contributed by atoms with Gasteiger partial charge >= 0.3 is 0 Å². The third-order valence-electron chi connectivity index (χ3n) is 5.71. The van der Waals surface area contributed by atoms with E-state index in [2.05, 4.69) is 24.4 Å². The number of hydrogen-bond acceptors (Lipinski definition) is 4. The maximum absolute atomic E-state index is 12.6. The van der Waals surface area contributed by atoms with Crippen LogP contribution in [-0.2, 0) is 4.79 Å². The Morgan fingerprint density at radius 1 is 1.03 bits per heavy atom. The SMILES string of the molecule is C/C(=N/NC(=O)c1ccc(OCC(=O)N2C(C)CCCC2C)cc1)c1ccc(Cl)c(Cl)c1Cl. The summed E-state index contributed by atoms with van der Waals surface area (Å²) in [5.41, 5.74) is 3.93. The Morgan fingerprint density at radius 3 is 2.30 bits per heavy atom. The van der Waals surface area contributed by atoms with Crippen LogP contribution in [0.1, 0.15) is 56.0 Å². The summed E-state index contributed by atoms with van der Waals surface area (Å²) >= 11 is 18.2. The van der Waals surface area contributed by atoms with Crippen molar-refractivity contribution in [3.05, 3.63) is 62.6 Å². The number of halogens is 3. The minimum absolute atomic E-state index is 0.0257. The summed E-state index contributed by atoms with van der Waals surface area (Å²) in [6, 6.07) is 10.3.